The molecule has 18 heavy (non-hydrogen) atoms. The summed E-state index contributed by atoms with van der Waals surface area (Å²) in [6.45, 7) is 1.97. The minimum Gasteiger partial charge on any atom is -0.496 e. The van der Waals surface area contributed by atoms with E-state index in [4.69, 9.17) is 10.5 Å². The van der Waals surface area contributed by atoms with Gasteiger partial charge in [0, 0.05) is 0 Å². The molecule has 1 aliphatic carbocycles. The summed E-state index contributed by atoms with van der Waals surface area (Å²) in [5, 5.41) is 0. The summed E-state index contributed by atoms with van der Waals surface area (Å²) in [7, 11) is 1.59. The van der Waals surface area contributed by atoms with Crippen molar-refractivity contribution in [2.24, 2.45) is 5.73 Å². The number of ketones is 1. The van der Waals surface area contributed by atoms with Gasteiger partial charge >= 0.3 is 0 Å². The summed E-state index contributed by atoms with van der Waals surface area (Å²) in [6.07, 6.45) is 4.82. The predicted octanol–water partition coefficient (Wildman–Crippen LogP) is 2.85. The minimum atomic E-state index is -0.695. The van der Waals surface area contributed by atoms with Crippen LogP contribution in [0, 0.1) is 6.92 Å². The van der Waals surface area contributed by atoms with E-state index in [1.54, 1.807) is 7.11 Å². The molecular weight excluding hydrogens is 226 g/mol. The zero-order chi connectivity index (χ0) is 13.2. The lowest BCUT2D eigenvalue weighted by molar-refractivity contribution is 0.0844. The molecule has 0 bridgehead atoms. The Labute approximate surface area is 108 Å². The average Bonchev–Trinajstić information content (AvgIpc) is 2.38. The van der Waals surface area contributed by atoms with Crippen molar-refractivity contribution in [2.45, 2.75) is 44.6 Å². The van der Waals surface area contributed by atoms with Gasteiger partial charge < -0.3 is 10.5 Å². The Morgan fingerprint density at radius 2 is 1.94 bits per heavy atom. The molecule has 2 N–H and O–H groups in total. The van der Waals surface area contributed by atoms with Crippen molar-refractivity contribution in [3.63, 3.8) is 0 Å². The van der Waals surface area contributed by atoms with Crippen LogP contribution in [0.2, 0.25) is 0 Å². The van der Waals surface area contributed by atoms with E-state index in [1.165, 1.54) is 6.42 Å². The van der Waals surface area contributed by atoms with E-state index in [0.717, 1.165) is 31.2 Å². The summed E-state index contributed by atoms with van der Waals surface area (Å²) < 4.78 is 5.28. The summed E-state index contributed by atoms with van der Waals surface area (Å²) >= 11 is 0. The van der Waals surface area contributed by atoms with E-state index in [9.17, 15) is 4.79 Å². The van der Waals surface area contributed by atoms with Crippen LogP contribution in [-0.2, 0) is 0 Å². The number of carbonyl (C=O) groups excluding carboxylic acids is 1. The predicted molar refractivity (Wildman–Crippen MR) is 72.1 cm³/mol. The first kappa shape index (κ1) is 13.1. The van der Waals surface area contributed by atoms with Gasteiger partial charge in [-0.25, -0.2) is 0 Å². The molecule has 0 amide bonds. The van der Waals surface area contributed by atoms with E-state index >= 15 is 0 Å². The highest BCUT2D eigenvalue weighted by Gasteiger charge is 2.37. The Morgan fingerprint density at radius 1 is 1.28 bits per heavy atom. The number of ether oxygens (including phenoxy) is 1. The third kappa shape index (κ3) is 2.41. The molecule has 0 radical (unpaired) electrons. The molecule has 1 fully saturated rings. The molecule has 0 spiro atoms. The first-order chi connectivity index (χ1) is 8.57. The van der Waals surface area contributed by atoms with E-state index in [1.807, 2.05) is 25.1 Å². The van der Waals surface area contributed by atoms with Crippen molar-refractivity contribution < 1.29 is 9.53 Å². The molecule has 2 rings (SSSR count). The van der Waals surface area contributed by atoms with Gasteiger partial charge in [0.1, 0.15) is 5.75 Å². The van der Waals surface area contributed by atoms with Gasteiger partial charge in [-0.15, -0.1) is 0 Å². The SMILES string of the molecule is COc1ccc(C)cc1C(=O)C1(N)CCCCC1. The number of benzene rings is 1. The molecule has 0 atom stereocenters. The number of carbonyl (C=O) groups is 1. The molecule has 0 heterocycles. The van der Waals surface area contributed by atoms with Gasteiger partial charge in [-0.05, 0) is 31.9 Å². The van der Waals surface area contributed by atoms with Crippen LogP contribution in [-0.4, -0.2) is 18.4 Å². The molecule has 1 aromatic rings. The van der Waals surface area contributed by atoms with Gasteiger partial charge in [0.05, 0.1) is 18.2 Å². The van der Waals surface area contributed by atoms with Crippen LogP contribution in [0.5, 0.6) is 5.75 Å². The van der Waals surface area contributed by atoms with Gasteiger partial charge in [0.25, 0.3) is 0 Å². The Balaban J connectivity index is 2.35. The Bertz CT molecular complexity index is 448. The first-order valence-corrected chi connectivity index (χ1v) is 6.55. The van der Waals surface area contributed by atoms with Crippen molar-refractivity contribution >= 4 is 5.78 Å². The van der Waals surface area contributed by atoms with Crippen LogP contribution in [0.1, 0.15) is 48.0 Å². The lowest BCUT2D eigenvalue weighted by Crippen LogP contribution is -2.49. The maximum Gasteiger partial charge on any atom is 0.186 e. The number of nitrogens with two attached hydrogens (primary N) is 1. The Kier molecular flexibility index (Phi) is 3.71. The zero-order valence-electron chi connectivity index (χ0n) is 11.2. The fourth-order valence-electron chi connectivity index (χ4n) is 2.68. The quantitative estimate of drug-likeness (QED) is 0.836. The first-order valence-electron chi connectivity index (χ1n) is 6.55. The summed E-state index contributed by atoms with van der Waals surface area (Å²) in [4.78, 5) is 12.6. The van der Waals surface area contributed by atoms with Crippen LogP contribution in [0.3, 0.4) is 0 Å². The lowest BCUT2D eigenvalue weighted by atomic mass is 9.77. The van der Waals surface area contributed by atoms with Crippen LogP contribution >= 0.6 is 0 Å². The molecule has 1 aliphatic rings. The molecule has 0 aliphatic heterocycles. The summed E-state index contributed by atoms with van der Waals surface area (Å²) in [5.74, 6) is 0.656. The number of methoxy groups -OCH3 is 1. The fourth-order valence-corrected chi connectivity index (χ4v) is 2.68. The normalized spacial score (nSPS) is 18.4. The van der Waals surface area contributed by atoms with E-state index in [2.05, 4.69) is 0 Å². The maximum absolute atomic E-state index is 12.6. The minimum absolute atomic E-state index is 0.0303. The van der Waals surface area contributed by atoms with Crippen LogP contribution in [0.15, 0.2) is 18.2 Å². The van der Waals surface area contributed by atoms with Crippen molar-refractivity contribution in [3.05, 3.63) is 29.3 Å². The largest absolute Gasteiger partial charge is 0.496 e. The molecule has 0 unspecified atom stereocenters. The van der Waals surface area contributed by atoms with Gasteiger partial charge in [0.2, 0.25) is 0 Å². The number of hydrogen-bond acceptors (Lipinski definition) is 3. The highest BCUT2D eigenvalue weighted by atomic mass is 16.5. The third-order valence-corrected chi connectivity index (χ3v) is 3.80. The lowest BCUT2D eigenvalue weighted by Gasteiger charge is -2.32. The van der Waals surface area contributed by atoms with E-state index in [-0.39, 0.29) is 5.78 Å². The zero-order valence-corrected chi connectivity index (χ0v) is 11.2. The highest BCUT2D eigenvalue weighted by molar-refractivity contribution is 6.05. The topological polar surface area (TPSA) is 52.3 Å². The third-order valence-electron chi connectivity index (χ3n) is 3.80. The second-order valence-electron chi connectivity index (χ2n) is 5.25. The standard InChI is InChI=1S/C15H21NO2/c1-11-6-7-13(18-2)12(10-11)14(17)15(16)8-4-3-5-9-15/h6-7,10H,3-5,8-9,16H2,1-2H3. The van der Waals surface area contributed by atoms with Gasteiger partial charge in [-0.1, -0.05) is 30.9 Å². The molecule has 0 saturated heterocycles. The molecular formula is C15H21NO2. The molecule has 3 heteroatoms. The maximum atomic E-state index is 12.6. The highest BCUT2D eigenvalue weighted by Crippen LogP contribution is 2.32. The smallest absolute Gasteiger partial charge is 0.186 e. The van der Waals surface area contributed by atoms with Crippen LogP contribution in [0.25, 0.3) is 0 Å². The Morgan fingerprint density at radius 3 is 2.56 bits per heavy atom. The number of hydrogen-bond donors (Lipinski definition) is 1. The number of aryl methyl sites for hydroxylation is 1. The fraction of sp³-hybridized carbons (Fsp3) is 0.533. The molecule has 1 saturated carbocycles. The summed E-state index contributed by atoms with van der Waals surface area (Å²) in [6, 6.07) is 5.67. The molecule has 3 nitrogen and oxygen atoms in total. The molecule has 0 aromatic heterocycles. The van der Waals surface area contributed by atoms with Crippen LogP contribution < -0.4 is 10.5 Å². The summed E-state index contributed by atoms with van der Waals surface area (Å²) in [5.41, 5.74) is 7.29. The second-order valence-corrected chi connectivity index (χ2v) is 5.25. The van der Waals surface area contributed by atoms with E-state index in [0.29, 0.717) is 11.3 Å². The van der Waals surface area contributed by atoms with Gasteiger partial charge in [0.15, 0.2) is 5.78 Å². The van der Waals surface area contributed by atoms with Crippen molar-refractivity contribution in [3.8, 4) is 5.75 Å². The van der Waals surface area contributed by atoms with Gasteiger partial charge in [-0.3, -0.25) is 4.79 Å². The van der Waals surface area contributed by atoms with Crippen LogP contribution in [0.4, 0.5) is 0 Å². The van der Waals surface area contributed by atoms with Crippen molar-refractivity contribution in [2.75, 3.05) is 7.11 Å². The monoisotopic (exact) mass is 247 g/mol. The number of Topliss-reactive ketones (excluding diaryl/α,β-unsaturated/α-hetero) is 1. The average molecular weight is 247 g/mol. The number of rotatable bonds is 3. The van der Waals surface area contributed by atoms with Crippen molar-refractivity contribution in [1.82, 2.24) is 0 Å². The van der Waals surface area contributed by atoms with E-state index < -0.39 is 5.54 Å². The second kappa shape index (κ2) is 5.11. The Hall–Kier alpha value is -1.35. The van der Waals surface area contributed by atoms with Crippen molar-refractivity contribution in [1.29, 1.82) is 0 Å². The van der Waals surface area contributed by atoms with Gasteiger partial charge in [-0.2, -0.15) is 0 Å². The molecule has 1 aromatic carbocycles. The molecule has 98 valence electrons.